The summed E-state index contributed by atoms with van der Waals surface area (Å²) in [6, 6.07) is 5.63. The molecule has 2 N–H and O–H groups in total. The summed E-state index contributed by atoms with van der Waals surface area (Å²) in [7, 11) is 0. The van der Waals surface area contributed by atoms with Crippen molar-refractivity contribution in [1.82, 2.24) is 5.32 Å². The molecule has 1 unspecified atom stereocenters. The molecule has 1 atom stereocenters. The van der Waals surface area contributed by atoms with E-state index in [-0.39, 0.29) is 17.9 Å². The molecule has 1 aromatic rings. The maximum Gasteiger partial charge on any atom is 0.253 e. The van der Waals surface area contributed by atoms with Crippen LogP contribution in [-0.4, -0.2) is 44.2 Å². The molecule has 0 aromatic heterocycles. The van der Waals surface area contributed by atoms with Crippen molar-refractivity contribution in [3.8, 4) is 0 Å². The van der Waals surface area contributed by atoms with Gasteiger partial charge in [-0.25, -0.2) is 0 Å². The van der Waals surface area contributed by atoms with Crippen LogP contribution in [0.5, 0.6) is 0 Å². The van der Waals surface area contributed by atoms with Crippen LogP contribution in [0.1, 0.15) is 56.8 Å². The van der Waals surface area contributed by atoms with Crippen molar-refractivity contribution in [3.05, 3.63) is 23.8 Å². The van der Waals surface area contributed by atoms with Crippen LogP contribution in [0.3, 0.4) is 0 Å². The molecular weight excluding hydrogens is 342 g/mol. The largest absolute Gasteiger partial charge is 0.376 e. The maximum absolute atomic E-state index is 12.9. The van der Waals surface area contributed by atoms with E-state index < -0.39 is 5.41 Å². The van der Waals surface area contributed by atoms with Gasteiger partial charge in [0.2, 0.25) is 5.91 Å². The molecule has 2 amide bonds. The smallest absolute Gasteiger partial charge is 0.253 e. The first-order chi connectivity index (χ1) is 12.8. The number of hydrogen-bond acceptors (Lipinski definition) is 4. The highest BCUT2D eigenvalue weighted by Gasteiger charge is 2.24. The van der Waals surface area contributed by atoms with Crippen molar-refractivity contribution in [2.45, 2.75) is 52.6 Å². The van der Waals surface area contributed by atoms with E-state index in [9.17, 15) is 9.59 Å². The molecule has 1 aromatic carbocycles. The first kappa shape index (κ1) is 19.7. The standard InChI is InChI=1S/C21H31N3O3/c1-21(2,3)20(26)23-15-8-9-18(24-10-4-5-11-24)17(13-15)19(25)22-14-16-7-6-12-27-16/h8-9,13,16H,4-7,10-12,14H2,1-3H3,(H,22,25)(H,23,26). The molecule has 2 heterocycles. The Labute approximate surface area is 161 Å². The lowest BCUT2D eigenvalue weighted by Crippen LogP contribution is -2.33. The average molecular weight is 373 g/mol. The molecule has 2 fully saturated rings. The van der Waals surface area contributed by atoms with Crippen molar-refractivity contribution in [2.24, 2.45) is 5.41 Å². The highest BCUT2D eigenvalue weighted by molar-refractivity contribution is 6.02. The quantitative estimate of drug-likeness (QED) is 0.832. The van der Waals surface area contributed by atoms with Gasteiger partial charge in [-0.15, -0.1) is 0 Å². The Morgan fingerprint density at radius 3 is 2.56 bits per heavy atom. The first-order valence-corrected chi connectivity index (χ1v) is 9.95. The maximum atomic E-state index is 12.9. The molecule has 0 radical (unpaired) electrons. The van der Waals surface area contributed by atoms with E-state index in [2.05, 4.69) is 15.5 Å². The Hall–Kier alpha value is -2.08. The lowest BCUT2D eigenvalue weighted by atomic mass is 9.95. The van der Waals surface area contributed by atoms with E-state index >= 15 is 0 Å². The summed E-state index contributed by atoms with van der Waals surface area (Å²) in [6.45, 7) is 8.83. The van der Waals surface area contributed by atoms with Crippen LogP contribution in [0.25, 0.3) is 0 Å². The van der Waals surface area contributed by atoms with Gasteiger partial charge in [0, 0.05) is 43.0 Å². The van der Waals surface area contributed by atoms with Gasteiger partial charge in [-0.1, -0.05) is 20.8 Å². The van der Waals surface area contributed by atoms with Gasteiger partial charge < -0.3 is 20.3 Å². The van der Waals surface area contributed by atoms with Gasteiger partial charge in [-0.2, -0.15) is 0 Å². The van der Waals surface area contributed by atoms with Gasteiger partial charge in [-0.3, -0.25) is 9.59 Å². The molecule has 0 saturated carbocycles. The summed E-state index contributed by atoms with van der Waals surface area (Å²) >= 11 is 0. The van der Waals surface area contributed by atoms with E-state index in [4.69, 9.17) is 4.74 Å². The van der Waals surface area contributed by atoms with E-state index in [0.29, 0.717) is 17.8 Å². The minimum atomic E-state index is -0.490. The Morgan fingerprint density at radius 1 is 1.19 bits per heavy atom. The zero-order chi connectivity index (χ0) is 19.4. The third-order valence-corrected chi connectivity index (χ3v) is 5.14. The van der Waals surface area contributed by atoms with Gasteiger partial charge in [-0.05, 0) is 43.9 Å². The van der Waals surface area contributed by atoms with Crippen molar-refractivity contribution in [1.29, 1.82) is 0 Å². The number of carbonyl (C=O) groups is 2. The van der Waals surface area contributed by atoms with Crippen molar-refractivity contribution >= 4 is 23.2 Å². The van der Waals surface area contributed by atoms with E-state index in [0.717, 1.165) is 51.1 Å². The number of rotatable bonds is 5. The minimum absolute atomic E-state index is 0.0675. The molecule has 2 aliphatic rings. The number of nitrogens with zero attached hydrogens (tertiary/aromatic N) is 1. The monoisotopic (exact) mass is 373 g/mol. The topological polar surface area (TPSA) is 70.7 Å². The molecule has 6 nitrogen and oxygen atoms in total. The summed E-state index contributed by atoms with van der Waals surface area (Å²) in [4.78, 5) is 27.5. The summed E-state index contributed by atoms with van der Waals surface area (Å²) in [5.41, 5.74) is 1.71. The van der Waals surface area contributed by atoms with Crippen molar-refractivity contribution < 1.29 is 14.3 Å². The highest BCUT2D eigenvalue weighted by atomic mass is 16.5. The first-order valence-electron chi connectivity index (χ1n) is 9.95. The van der Waals surface area contributed by atoms with E-state index in [1.807, 2.05) is 32.9 Å². The van der Waals surface area contributed by atoms with Gasteiger partial charge in [0.15, 0.2) is 0 Å². The van der Waals surface area contributed by atoms with Crippen molar-refractivity contribution in [2.75, 3.05) is 36.5 Å². The average Bonchev–Trinajstić information content (AvgIpc) is 3.32. The van der Waals surface area contributed by atoms with Crippen LogP contribution >= 0.6 is 0 Å². The molecule has 3 rings (SSSR count). The normalized spacial score (nSPS) is 20.0. The number of anilines is 2. The summed E-state index contributed by atoms with van der Waals surface area (Å²) < 4.78 is 5.60. The van der Waals surface area contributed by atoms with E-state index in [1.54, 1.807) is 6.07 Å². The van der Waals surface area contributed by atoms with Gasteiger partial charge in [0.1, 0.15) is 0 Å². The third kappa shape index (κ3) is 5.01. The number of hydrogen-bond donors (Lipinski definition) is 2. The molecule has 6 heteroatoms. The van der Waals surface area contributed by atoms with E-state index in [1.165, 1.54) is 0 Å². The zero-order valence-corrected chi connectivity index (χ0v) is 16.6. The number of nitrogens with one attached hydrogen (secondary N) is 2. The zero-order valence-electron chi connectivity index (χ0n) is 16.6. The second kappa shape index (κ2) is 8.30. The van der Waals surface area contributed by atoms with Crippen LogP contribution < -0.4 is 15.5 Å². The SMILES string of the molecule is CC(C)(C)C(=O)Nc1ccc(N2CCCC2)c(C(=O)NCC2CCCO2)c1. The fourth-order valence-electron chi connectivity index (χ4n) is 3.46. The van der Waals surface area contributed by atoms with Crippen LogP contribution in [0, 0.1) is 5.41 Å². The third-order valence-electron chi connectivity index (χ3n) is 5.14. The van der Waals surface area contributed by atoms with Crippen LogP contribution in [0.4, 0.5) is 11.4 Å². The van der Waals surface area contributed by atoms with Gasteiger partial charge in [0.25, 0.3) is 5.91 Å². The lowest BCUT2D eigenvalue weighted by Gasteiger charge is -2.23. The van der Waals surface area contributed by atoms with Crippen LogP contribution in [0.2, 0.25) is 0 Å². The van der Waals surface area contributed by atoms with Crippen LogP contribution in [-0.2, 0) is 9.53 Å². The van der Waals surface area contributed by atoms with Crippen molar-refractivity contribution in [3.63, 3.8) is 0 Å². The molecule has 0 spiro atoms. The number of carbonyl (C=O) groups excluding carboxylic acids is 2. The Morgan fingerprint density at radius 2 is 1.93 bits per heavy atom. The molecule has 148 valence electrons. The second-order valence-corrected chi connectivity index (χ2v) is 8.48. The van der Waals surface area contributed by atoms with Crippen LogP contribution in [0.15, 0.2) is 18.2 Å². The molecule has 27 heavy (non-hydrogen) atoms. The lowest BCUT2D eigenvalue weighted by molar-refractivity contribution is -0.123. The Bertz CT molecular complexity index is 684. The number of benzene rings is 1. The molecule has 0 aliphatic carbocycles. The number of ether oxygens (including phenoxy) is 1. The predicted molar refractivity (Wildman–Crippen MR) is 107 cm³/mol. The molecular formula is C21H31N3O3. The summed E-state index contributed by atoms with van der Waals surface area (Å²) in [6.07, 6.45) is 4.42. The number of amides is 2. The van der Waals surface area contributed by atoms with Gasteiger partial charge >= 0.3 is 0 Å². The second-order valence-electron chi connectivity index (χ2n) is 8.48. The summed E-state index contributed by atoms with van der Waals surface area (Å²) in [5.74, 6) is -0.179. The Balaban J connectivity index is 1.79. The summed E-state index contributed by atoms with van der Waals surface area (Å²) in [5, 5.41) is 5.94. The fourth-order valence-corrected chi connectivity index (χ4v) is 3.46. The fraction of sp³-hybridized carbons (Fsp3) is 0.619. The molecule has 2 aliphatic heterocycles. The Kier molecular flexibility index (Phi) is 6.05. The molecule has 2 saturated heterocycles. The van der Waals surface area contributed by atoms with Gasteiger partial charge in [0.05, 0.1) is 11.7 Å². The molecule has 0 bridgehead atoms. The minimum Gasteiger partial charge on any atom is -0.376 e. The highest BCUT2D eigenvalue weighted by Crippen LogP contribution is 2.28. The predicted octanol–water partition coefficient (Wildman–Crippen LogP) is 3.18.